The summed E-state index contributed by atoms with van der Waals surface area (Å²) in [5, 5.41) is 0. The molecule has 0 rings (SSSR count). The van der Waals surface area contributed by atoms with Crippen LogP contribution < -0.4 is 11.5 Å². The highest BCUT2D eigenvalue weighted by Gasteiger charge is 2.34. The summed E-state index contributed by atoms with van der Waals surface area (Å²) in [6.45, 7) is 4.44. The number of rotatable bonds is 19. The summed E-state index contributed by atoms with van der Waals surface area (Å²) in [6.07, 6.45) is 18.0. The summed E-state index contributed by atoms with van der Waals surface area (Å²) in [7, 11) is 0. The molecule has 0 aromatic heterocycles. The molecule has 0 saturated carbocycles. The first-order valence-electron chi connectivity index (χ1n) is 11.1. The van der Waals surface area contributed by atoms with E-state index < -0.39 is 5.41 Å². The lowest BCUT2D eigenvalue weighted by molar-refractivity contribution is -0.129. The molecule has 0 heterocycles. The van der Waals surface area contributed by atoms with Gasteiger partial charge in [0, 0.05) is 11.8 Å². The van der Waals surface area contributed by atoms with Crippen molar-refractivity contribution in [2.45, 2.75) is 123 Å². The van der Waals surface area contributed by atoms with Crippen LogP contribution in [0.15, 0.2) is 0 Å². The average molecular weight is 369 g/mol. The van der Waals surface area contributed by atoms with Gasteiger partial charge in [0.1, 0.15) is 0 Å². The molecule has 2 amide bonds. The summed E-state index contributed by atoms with van der Waals surface area (Å²) >= 11 is 0. The zero-order chi connectivity index (χ0) is 19.7. The summed E-state index contributed by atoms with van der Waals surface area (Å²) < 4.78 is 0. The topological polar surface area (TPSA) is 86.2 Å². The molecule has 0 unspecified atom stereocenters. The van der Waals surface area contributed by atoms with Crippen LogP contribution in [0.3, 0.4) is 0 Å². The number of amides is 2. The van der Waals surface area contributed by atoms with E-state index in [9.17, 15) is 9.59 Å². The molecular formula is C22H44N2O2. The van der Waals surface area contributed by atoms with Gasteiger partial charge in [0.15, 0.2) is 0 Å². The molecule has 0 saturated heterocycles. The van der Waals surface area contributed by atoms with Gasteiger partial charge in [0.2, 0.25) is 11.8 Å². The molecule has 4 N–H and O–H groups in total. The first-order valence-corrected chi connectivity index (χ1v) is 11.1. The van der Waals surface area contributed by atoms with E-state index in [2.05, 4.69) is 13.8 Å². The van der Waals surface area contributed by atoms with Crippen LogP contribution >= 0.6 is 0 Å². The standard InChI is InChI=1S/C22H44N2O2/c1-3-5-7-9-11-13-17-22(21(24)26,19-15-16-20(23)25)18-14-12-10-8-6-4-2/h3-19H2,1-2H3,(H2,23,25)(H2,24,26). The fraction of sp³-hybridized carbons (Fsp3) is 0.909. The second kappa shape index (κ2) is 16.1. The number of unbranched alkanes of at least 4 members (excludes halogenated alkanes) is 10. The van der Waals surface area contributed by atoms with E-state index >= 15 is 0 Å². The third-order valence-corrected chi connectivity index (χ3v) is 5.62. The Morgan fingerprint density at radius 2 is 1.00 bits per heavy atom. The van der Waals surface area contributed by atoms with Gasteiger partial charge in [-0.25, -0.2) is 0 Å². The Morgan fingerprint density at radius 3 is 1.38 bits per heavy atom. The Bertz CT molecular complexity index is 353. The number of primary amides is 2. The van der Waals surface area contributed by atoms with Gasteiger partial charge in [-0.15, -0.1) is 0 Å². The lowest BCUT2D eigenvalue weighted by Crippen LogP contribution is -2.37. The van der Waals surface area contributed by atoms with Crippen molar-refractivity contribution in [3.63, 3.8) is 0 Å². The Hall–Kier alpha value is -1.06. The maximum atomic E-state index is 12.3. The highest BCUT2D eigenvalue weighted by Crippen LogP contribution is 2.37. The molecule has 0 aliphatic rings. The summed E-state index contributed by atoms with van der Waals surface area (Å²) in [6, 6.07) is 0. The van der Waals surface area contributed by atoms with Gasteiger partial charge in [0.05, 0.1) is 0 Å². The molecule has 0 aromatic rings. The molecule has 0 radical (unpaired) electrons. The first-order chi connectivity index (χ1) is 12.5. The van der Waals surface area contributed by atoms with Crippen molar-refractivity contribution in [1.29, 1.82) is 0 Å². The van der Waals surface area contributed by atoms with Gasteiger partial charge >= 0.3 is 0 Å². The molecule has 0 bridgehead atoms. The third-order valence-electron chi connectivity index (χ3n) is 5.62. The molecule has 0 atom stereocenters. The molecule has 0 aromatic carbocycles. The molecule has 154 valence electrons. The fourth-order valence-corrected chi connectivity index (χ4v) is 3.83. The smallest absolute Gasteiger partial charge is 0.223 e. The second-order valence-corrected chi connectivity index (χ2v) is 8.00. The molecule has 0 aliphatic heterocycles. The predicted molar refractivity (Wildman–Crippen MR) is 111 cm³/mol. The van der Waals surface area contributed by atoms with E-state index in [0.29, 0.717) is 19.3 Å². The lowest BCUT2D eigenvalue weighted by atomic mass is 9.73. The maximum absolute atomic E-state index is 12.3. The van der Waals surface area contributed by atoms with Gasteiger partial charge in [-0.2, -0.15) is 0 Å². The Balaban J connectivity index is 4.52. The van der Waals surface area contributed by atoms with Crippen LogP contribution in [0.5, 0.6) is 0 Å². The quantitative estimate of drug-likeness (QED) is 0.290. The van der Waals surface area contributed by atoms with Crippen LogP contribution in [-0.4, -0.2) is 11.8 Å². The number of hydrogen-bond donors (Lipinski definition) is 2. The number of nitrogens with two attached hydrogens (primary N) is 2. The van der Waals surface area contributed by atoms with Crippen molar-refractivity contribution in [1.82, 2.24) is 0 Å². The van der Waals surface area contributed by atoms with Crippen LogP contribution in [0, 0.1) is 5.41 Å². The zero-order valence-corrected chi connectivity index (χ0v) is 17.5. The van der Waals surface area contributed by atoms with Gasteiger partial charge in [-0.05, 0) is 25.7 Å². The monoisotopic (exact) mass is 368 g/mol. The van der Waals surface area contributed by atoms with Crippen LogP contribution in [0.2, 0.25) is 0 Å². The largest absolute Gasteiger partial charge is 0.370 e. The van der Waals surface area contributed by atoms with Crippen molar-refractivity contribution >= 4 is 11.8 Å². The number of carbonyl (C=O) groups is 2. The van der Waals surface area contributed by atoms with E-state index in [0.717, 1.165) is 25.7 Å². The van der Waals surface area contributed by atoms with Crippen LogP contribution in [0.25, 0.3) is 0 Å². The SMILES string of the molecule is CCCCCCCCC(CCCCCCCC)(CCCC(N)=O)C(N)=O. The van der Waals surface area contributed by atoms with Crippen molar-refractivity contribution in [2.75, 3.05) is 0 Å². The highest BCUT2D eigenvalue weighted by molar-refractivity contribution is 5.81. The number of hydrogen-bond acceptors (Lipinski definition) is 2. The molecule has 26 heavy (non-hydrogen) atoms. The Morgan fingerprint density at radius 1 is 0.615 bits per heavy atom. The molecule has 0 fully saturated rings. The number of carbonyl (C=O) groups excluding carboxylic acids is 2. The van der Waals surface area contributed by atoms with Crippen molar-refractivity contribution in [2.24, 2.45) is 16.9 Å². The minimum absolute atomic E-state index is 0.177. The average Bonchev–Trinajstić information content (AvgIpc) is 2.59. The van der Waals surface area contributed by atoms with E-state index in [1.165, 1.54) is 64.2 Å². The van der Waals surface area contributed by atoms with Crippen LogP contribution in [0.1, 0.15) is 123 Å². The van der Waals surface area contributed by atoms with Gasteiger partial charge < -0.3 is 11.5 Å². The minimum atomic E-state index is -0.440. The fourth-order valence-electron chi connectivity index (χ4n) is 3.83. The van der Waals surface area contributed by atoms with E-state index in [1.807, 2.05) is 0 Å². The van der Waals surface area contributed by atoms with Crippen molar-refractivity contribution in [3.8, 4) is 0 Å². The Labute approximate surface area is 161 Å². The van der Waals surface area contributed by atoms with Crippen LogP contribution in [0.4, 0.5) is 0 Å². The van der Waals surface area contributed by atoms with Crippen molar-refractivity contribution < 1.29 is 9.59 Å². The van der Waals surface area contributed by atoms with Crippen LogP contribution in [-0.2, 0) is 9.59 Å². The molecule has 0 spiro atoms. The normalized spacial score (nSPS) is 11.6. The molecule has 4 heteroatoms. The maximum Gasteiger partial charge on any atom is 0.223 e. The van der Waals surface area contributed by atoms with Gasteiger partial charge in [0.25, 0.3) is 0 Å². The Kier molecular flexibility index (Phi) is 15.5. The summed E-state index contributed by atoms with van der Waals surface area (Å²) in [5.41, 5.74) is 10.7. The molecule has 4 nitrogen and oxygen atoms in total. The van der Waals surface area contributed by atoms with E-state index in [1.54, 1.807) is 0 Å². The van der Waals surface area contributed by atoms with Gasteiger partial charge in [-0.1, -0.05) is 90.9 Å². The summed E-state index contributed by atoms with van der Waals surface area (Å²) in [5.74, 6) is -0.466. The lowest BCUT2D eigenvalue weighted by Gasteiger charge is -2.31. The van der Waals surface area contributed by atoms with Gasteiger partial charge in [-0.3, -0.25) is 9.59 Å². The molecular weight excluding hydrogens is 324 g/mol. The predicted octanol–water partition coefficient (Wildman–Crippen LogP) is 5.61. The third kappa shape index (κ3) is 12.3. The van der Waals surface area contributed by atoms with E-state index in [-0.39, 0.29) is 11.8 Å². The summed E-state index contributed by atoms with van der Waals surface area (Å²) in [4.78, 5) is 23.4. The second-order valence-electron chi connectivity index (χ2n) is 8.00. The zero-order valence-electron chi connectivity index (χ0n) is 17.5. The molecule has 0 aliphatic carbocycles. The highest BCUT2D eigenvalue weighted by atomic mass is 16.1. The van der Waals surface area contributed by atoms with Crippen molar-refractivity contribution in [3.05, 3.63) is 0 Å². The minimum Gasteiger partial charge on any atom is -0.370 e. The first kappa shape index (κ1) is 24.9. The van der Waals surface area contributed by atoms with E-state index in [4.69, 9.17) is 11.5 Å².